The van der Waals surface area contributed by atoms with E-state index in [2.05, 4.69) is 18.9 Å². The largest absolute Gasteiger partial charge is 0.320 e. The molecule has 1 unspecified atom stereocenters. The van der Waals surface area contributed by atoms with Gasteiger partial charge in [0, 0.05) is 12.1 Å². The molecule has 4 heteroatoms. The Morgan fingerprint density at radius 2 is 1.86 bits per heavy atom. The second-order valence-corrected chi connectivity index (χ2v) is 6.10. The van der Waals surface area contributed by atoms with Crippen LogP contribution < -0.4 is 11.3 Å². The lowest BCUT2D eigenvalue weighted by Gasteiger charge is -2.17. The molecule has 0 radical (unpaired) electrons. The van der Waals surface area contributed by atoms with E-state index in [-0.39, 0.29) is 11.5 Å². The molecule has 0 fully saturated rings. The molecule has 4 nitrogen and oxygen atoms in total. The van der Waals surface area contributed by atoms with E-state index < -0.39 is 6.04 Å². The first-order chi connectivity index (χ1) is 10.4. The lowest BCUT2D eigenvalue weighted by molar-refractivity contribution is 0.537. The van der Waals surface area contributed by atoms with Crippen LogP contribution in [0.3, 0.4) is 0 Å². The summed E-state index contributed by atoms with van der Waals surface area (Å²) < 4.78 is 1.55. The molecule has 1 aromatic heterocycles. The Kier molecular flexibility index (Phi) is 5.14. The van der Waals surface area contributed by atoms with Crippen molar-refractivity contribution in [2.45, 2.75) is 52.6 Å². The summed E-state index contributed by atoms with van der Waals surface area (Å²) in [6.07, 6.45) is 0.869. The Hall–Kier alpha value is -1.94. The molecule has 2 N–H and O–H groups in total. The van der Waals surface area contributed by atoms with Gasteiger partial charge in [0.2, 0.25) is 0 Å². The molecule has 0 aliphatic heterocycles. The van der Waals surface area contributed by atoms with E-state index in [1.807, 2.05) is 44.2 Å². The highest BCUT2D eigenvalue weighted by Crippen LogP contribution is 2.20. The molecular weight excluding hydrogens is 274 g/mol. The van der Waals surface area contributed by atoms with Crippen LogP contribution in [0.4, 0.5) is 0 Å². The summed E-state index contributed by atoms with van der Waals surface area (Å²) in [4.78, 5) is 12.6. The van der Waals surface area contributed by atoms with Gasteiger partial charge in [0.25, 0.3) is 5.56 Å². The van der Waals surface area contributed by atoms with Crippen molar-refractivity contribution in [3.8, 4) is 0 Å². The zero-order valence-electron chi connectivity index (χ0n) is 13.8. The Bertz CT molecular complexity index is 686. The average Bonchev–Trinajstić information content (AvgIpc) is 2.49. The van der Waals surface area contributed by atoms with E-state index in [9.17, 15) is 4.79 Å². The lowest BCUT2D eigenvalue weighted by Crippen LogP contribution is -2.31. The second-order valence-electron chi connectivity index (χ2n) is 6.10. The third-order valence-electron chi connectivity index (χ3n) is 3.82. The van der Waals surface area contributed by atoms with Crippen LogP contribution in [0.5, 0.6) is 0 Å². The number of benzene rings is 1. The minimum absolute atomic E-state index is 0.0840. The van der Waals surface area contributed by atoms with E-state index >= 15 is 0 Å². The molecule has 0 saturated carbocycles. The third-order valence-corrected chi connectivity index (χ3v) is 3.82. The van der Waals surface area contributed by atoms with Crippen LogP contribution in [0.2, 0.25) is 0 Å². The molecule has 0 amide bonds. The fourth-order valence-corrected chi connectivity index (χ4v) is 2.41. The monoisotopic (exact) mass is 299 g/mol. The minimum atomic E-state index is -0.420. The standard InChI is InChI=1S/C18H25N3O/c1-5-10-21-18(22)15(11-16(20-21)12(2)3)17(19)14-8-6-13(4)7-9-14/h6-9,11-12,17H,5,10,19H2,1-4H3. The fraction of sp³-hybridized carbons (Fsp3) is 0.444. The molecule has 1 aromatic carbocycles. The number of nitrogens with zero attached hydrogens (tertiary/aromatic N) is 2. The highest BCUT2D eigenvalue weighted by atomic mass is 16.1. The lowest BCUT2D eigenvalue weighted by atomic mass is 9.98. The highest BCUT2D eigenvalue weighted by molar-refractivity contribution is 5.32. The van der Waals surface area contributed by atoms with Crippen LogP contribution in [0.25, 0.3) is 0 Å². The molecule has 0 bridgehead atoms. The highest BCUT2D eigenvalue weighted by Gasteiger charge is 2.17. The van der Waals surface area contributed by atoms with E-state index in [0.717, 1.165) is 17.7 Å². The van der Waals surface area contributed by atoms with Crippen molar-refractivity contribution in [2.75, 3.05) is 0 Å². The van der Waals surface area contributed by atoms with Gasteiger partial charge in [0.15, 0.2) is 0 Å². The van der Waals surface area contributed by atoms with E-state index in [0.29, 0.717) is 12.1 Å². The number of aromatic nitrogens is 2. The van der Waals surface area contributed by atoms with E-state index in [1.54, 1.807) is 4.68 Å². The van der Waals surface area contributed by atoms with Gasteiger partial charge < -0.3 is 5.73 Å². The molecule has 118 valence electrons. The van der Waals surface area contributed by atoms with Gasteiger partial charge in [-0.05, 0) is 30.9 Å². The van der Waals surface area contributed by atoms with Crippen molar-refractivity contribution in [2.24, 2.45) is 5.73 Å². The van der Waals surface area contributed by atoms with Crippen molar-refractivity contribution < 1.29 is 0 Å². The van der Waals surface area contributed by atoms with Crippen molar-refractivity contribution in [3.05, 3.63) is 63.1 Å². The molecule has 2 rings (SSSR count). The van der Waals surface area contributed by atoms with Crippen molar-refractivity contribution in [3.63, 3.8) is 0 Å². The van der Waals surface area contributed by atoms with Gasteiger partial charge in [0.1, 0.15) is 0 Å². The first-order valence-electron chi connectivity index (χ1n) is 7.88. The molecule has 22 heavy (non-hydrogen) atoms. The molecule has 1 heterocycles. The molecule has 2 aromatic rings. The molecule has 0 spiro atoms. The SMILES string of the molecule is CCCn1nc(C(C)C)cc(C(N)c2ccc(C)cc2)c1=O. The van der Waals surface area contributed by atoms with Crippen LogP contribution in [-0.4, -0.2) is 9.78 Å². The summed E-state index contributed by atoms with van der Waals surface area (Å²) in [7, 11) is 0. The number of hydrogen-bond donors (Lipinski definition) is 1. The van der Waals surface area contributed by atoms with Gasteiger partial charge in [0.05, 0.1) is 11.7 Å². The normalized spacial score (nSPS) is 12.6. The summed E-state index contributed by atoms with van der Waals surface area (Å²) >= 11 is 0. The molecule has 0 aliphatic carbocycles. The van der Waals surface area contributed by atoms with Crippen molar-refractivity contribution >= 4 is 0 Å². The number of rotatable bonds is 5. The summed E-state index contributed by atoms with van der Waals surface area (Å²) in [5, 5.41) is 4.46. The zero-order valence-corrected chi connectivity index (χ0v) is 13.8. The van der Waals surface area contributed by atoms with Gasteiger partial charge in [-0.25, -0.2) is 4.68 Å². The maximum absolute atomic E-state index is 12.6. The Morgan fingerprint density at radius 3 is 2.41 bits per heavy atom. The van der Waals surface area contributed by atoms with E-state index in [4.69, 9.17) is 5.73 Å². The smallest absolute Gasteiger partial charge is 0.271 e. The quantitative estimate of drug-likeness (QED) is 0.922. The maximum Gasteiger partial charge on any atom is 0.271 e. The summed E-state index contributed by atoms with van der Waals surface area (Å²) in [5.41, 5.74) is 9.93. The van der Waals surface area contributed by atoms with Crippen LogP contribution >= 0.6 is 0 Å². The van der Waals surface area contributed by atoms with Crippen LogP contribution in [0, 0.1) is 6.92 Å². The third kappa shape index (κ3) is 3.45. The Morgan fingerprint density at radius 1 is 1.23 bits per heavy atom. The maximum atomic E-state index is 12.6. The predicted molar refractivity (Wildman–Crippen MR) is 90.1 cm³/mol. The first kappa shape index (κ1) is 16.4. The van der Waals surface area contributed by atoms with Gasteiger partial charge in [-0.15, -0.1) is 0 Å². The van der Waals surface area contributed by atoms with Gasteiger partial charge in [-0.3, -0.25) is 4.79 Å². The first-order valence-corrected chi connectivity index (χ1v) is 7.88. The topological polar surface area (TPSA) is 60.9 Å². The van der Waals surface area contributed by atoms with E-state index in [1.165, 1.54) is 5.56 Å². The van der Waals surface area contributed by atoms with Crippen molar-refractivity contribution in [1.82, 2.24) is 9.78 Å². The zero-order chi connectivity index (χ0) is 16.3. The van der Waals surface area contributed by atoms with Gasteiger partial charge in [-0.2, -0.15) is 5.10 Å². The molecular formula is C18H25N3O. The van der Waals surface area contributed by atoms with Crippen LogP contribution in [0.1, 0.15) is 61.5 Å². The fourth-order valence-electron chi connectivity index (χ4n) is 2.41. The summed E-state index contributed by atoms with van der Waals surface area (Å²) in [6.45, 7) is 8.84. The Labute approximate surface area is 132 Å². The Balaban J connectivity index is 2.52. The summed E-state index contributed by atoms with van der Waals surface area (Å²) in [6, 6.07) is 9.45. The summed E-state index contributed by atoms with van der Waals surface area (Å²) in [5.74, 6) is 0.257. The molecule has 0 saturated heterocycles. The molecule has 1 atom stereocenters. The van der Waals surface area contributed by atoms with Crippen LogP contribution in [0.15, 0.2) is 35.1 Å². The van der Waals surface area contributed by atoms with Gasteiger partial charge >= 0.3 is 0 Å². The molecule has 0 aliphatic rings. The number of nitrogens with two attached hydrogens (primary N) is 1. The number of aryl methyl sites for hydroxylation is 2. The van der Waals surface area contributed by atoms with Gasteiger partial charge in [-0.1, -0.05) is 50.6 Å². The predicted octanol–water partition coefficient (Wildman–Crippen LogP) is 3.13. The average molecular weight is 299 g/mol. The minimum Gasteiger partial charge on any atom is -0.320 e. The van der Waals surface area contributed by atoms with Crippen molar-refractivity contribution in [1.29, 1.82) is 0 Å². The second kappa shape index (κ2) is 6.88. The van der Waals surface area contributed by atoms with Crippen LogP contribution in [-0.2, 0) is 6.54 Å². The number of hydrogen-bond acceptors (Lipinski definition) is 3.